The standard InChI is InChI=1S/C23H24N4O2S/c1-16-6-5-9-18(12-16)23(29)25-22-19-14-30-15-20(19)26-27(22)13-21(28)24-11-10-17-7-3-2-4-8-17/h2-9,12H,10-11,13-15H2,1H3,(H,24,28)(H,25,29). The van der Waals surface area contributed by atoms with Gasteiger partial charge >= 0.3 is 0 Å². The van der Waals surface area contributed by atoms with Crippen LogP contribution in [-0.4, -0.2) is 28.1 Å². The highest BCUT2D eigenvalue weighted by molar-refractivity contribution is 7.98. The highest BCUT2D eigenvalue weighted by Crippen LogP contribution is 2.34. The number of hydrogen-bond acceptors (Lipinski definition) is 4. The van der Waals surface area contributed by atoms with Gasteiger partial charge in [0.05, 0.1) is 5.69 Å². The largest absolute Gasteiger partial charge is 0.354 e. The lowest BCUT2D eigenvalue weighted by molar-refractivity contribution is -0.121. The molecule has 6 nitrogen and oxygen atoms in total. The van der Waals surface area contributed by atoms with E-state index in [1.165, 1.54) is 5.56 Å². The predicted octanol–water partition coefficient (Wildman–Crippen LogP) is 3.55. The Hall–Kier alpha value is -3.06. The Morgan fingerprint density at radius 2 is 1.93 bits per heavy atom. The van der Waals surface area contributed by atoms with Gasteiger partial charge in [0.25, 0.3) is 5.91 Å². The first-order valence-electron chi connectivity index (χ1n) is 9.95. The molecule has 2 N–H and O–H groups in total. The van der Waals surface area contributed by atoms with Gasteiger partial charge in [-0.1, -0.05) is 48.0 Å². The van der Waals surface area contributed by atoms with Gasteiger partial charge in [-0.25, -0.2) is 4.68 Å². The molecule has 4 rings (SSSR count). The lowest BCUT2D eigenvalue weighted by Crippen LogP contribution is -2.30. The number of amides is 2. The third kappa shape index (κ3) is 4.74. The number of nitrogens with zero attached hydrogens (tertiary/aromatic N) is 2. The lowest BCUT2D eigenvalue weighted by atomic mass is 10.1. The van der Waals surface area contributed by atoms with Crippen molar-refractivity contribution in [2.45, 2.75) is 31.4 Å². The van der Waals surface area contributed by atoms with Crippen molar-refractivity contribution >= 4 is 29.4 Å². The van der Waals surface area contributed by atoms with Gasteiger partial charge in [-0.2, -0.15) is 16.9 Å². The number of carbonyl (C=O) groups excluding carboxylic acids is 2. The summed E-state index contributed by atoms with van der Waals surface area (Å²) in [5, 5.41) is 10.5. The Morgan fingerprint density at radius 3 is 2.73 bits per heavy atom. The van der Waals surface area contributed by atoms with E-state index in [1.807, 2.05) is 55.5 Å². The summed E-state index contributed by atoms with van der Waals surface area (Å²) in [6.07, 6.45) is 0.774. The average molecular weight is 421 g/mol. The summed E-state index contributed by atoms with van der Waals surface area (Å²) >= 11 is 1.76. The Morgan fingerprint density at radius 1 is 1.10 bits per heavy atom. The zero-order valence-electron chi connectivity index (χ0n) is 16.9. The molecule has 3 aromatic rings. The molecule has 0 unspecified atom stereocenters. The summed E-state index contributed by atoms with van der Waals surface area (Å²) in [4.78, 5) is 25.3. The van der Waals surface area contributed by atoms with Gasteiger partial charge in [0.1, 0.15) is 12.4 Å². The topological polar surface area (TPSA) is 76.0 Å². The molecule has 154 valence electrons. The molecule has 0 bridgehead atoms. The average Bonchev–Trinajstić information content (AvgIpc) is 3.31. The second-order valence-electron chi connectivity index (χ2n) is 7.33. The van der Waals surface area contributed by atoms with Crippen LogP contribution in [0.2, 0.25) is 0 Å². The number of rotatable bonds is 7. The number of anilines is 1. The molecular weight excluding hydrogens is 396 g/mol. The molecule has 2 amide bonds. The predicted molar refractivity (Wildman–Crippen MR) is 120 cm³/mol. The minimum absolute atomic E-state index is 0.0793. The van der Waals surface area contributed by atoms with Crippen molar-refractivity contribution in [3.05, 3.63) is 82.5 Å². The molecule has 1 aliphatic rings. The van der Waals surface area contributed by atoms with Crippen LogP contribution < -0.4 is 10.6 Å². The van der Waals surface area contributed by atoms with E-state index in [0.717, 1.165) is 34.7 Å². The van der Waals surface area contributed by atoms with Gasteiger partial charge in [0.15, 0.2) is 0 Å². The molecule has 0 aliphatic carbocycles. The van der Waals surface area contributed by atoms with Crippen molar-refractivity contribution < 1.29 is 9.59 Å². The monoisotopic (exact) mass is 420 g/mol. The van der Waals surface area contributed by atoms with E-state index < -0.39 is 0 Å². The fourth-order valence-corrected chi connectivity index (χ4v) is 4.50. The quantitative estimate of drug-likeness (QED) is 0.613. The Kier molecular flexibility index (Phi) is 6.18. The molecule has 2 aromatic carbocycles. The van der Waals surface area contributed by atoms with E-state index in [2.05, 4.69) is 15.7 Å². The van der Waals surface area contributed by atoms with E-state index in [1.54, 1.807) is 22.5 Å². The van der Waals surface area contributed by atoms with E-state index in [9.17, 15) is 9.59 Å². The SMILES string of the molecule is Cc1cccc(C(=O)Nc2c3c(nn2CC(=O)NCCc2ccccc2)CSC3)c1. The van der Waals surface area contributed by atoms with Crippen molar-refractivity contribution in [1.82, 2.24) is 15.1 Å². The van der Waals surface area contributed by atoms with Crippen molar-refractivity contribution in [2.75, 3.05) is 11.9 Å². The van der Waals surface area contributed by atoms with Crippen molar-refractivity contribution in [3.8, 4) is 0 Å². The first kappa shape index (κ1) is 20.2. The van der Waals surface area contributed by atoms with E-state index in [0.29, 0.717) is 17.9 Å². The number of hydrogen-bond donors (Lipinski definition) is 2. The molecule has 0 spiro atoms. The highest BCUT2D eigenvalue weighted by Gasteiger charge is 2.25. The molecule has 1 aliphatic heterocycles. The third-order valence-corrected chi connectivity index (χ3v) is 5.97. The number of nitrogens with one attached hydrogen (secondary N) is 2. The number of aryl methyl sites for hydroxylation is 1. The number of carbonyl (C=O) groups is 2. The van der Waals surface area contributed by atoms with Gasteiger partial charge in [-0.3, -0.25) is 9.59 Å². The van der Waals surface area contributed by atoms with Gasteiger partial charge in [0, 0.05) is 29.2 Å². The maximum atomic E-state index is 12.8. The molecule has 2 heterocycles. The molecule has 0 saturated heterocycles. The minimum Gasteiger partial charge on any atom is -0.354 e. The van der Waals surface area contributed by atoms with E-state index in [4.69, 9.17) is 0 Å². The van der Waals surface area contributed by atoms with Gasteiger partial charge in [0.2, 0.25) is 5.91 Å². The van der Waals surface area contributed by atoms with Gasteiger partial charge < -0.3 is 10.6 Å². The minimum atomic E-state index is -0.191. The normalized spacial score (nSPS) is 12.4. The zero-order valence-corrected chi connectivity index (χ0v) is 17.7. The van der Waals surface area contributed by atoms with Crippen LogP contribution in [0, 0.1) is 6.92 Å². The van der Waals surface area contributed by atoms with Crippen LogP contribution in [0.3, 0.4) is 0 Å². The summed E-state index contributed by atoms with van der Waals surface area (Å²) in [6.45, 7) is 2.59. The smallest absolute Gasteiger partial charge is 0.256 e. The Bertz CT molecular complexity index is 1060. The van der Waals surface area contributed by atoms with Crippen LogP contribution >= 0.6 is 11.8 Å². The number of thioether (sulfide) groups is 1. The van der Waals surface area contributed by atoms with Crippen LogP contribution in [0.15, 0.2) is 54.6 Å². The first-order chi connectivity index (χ1) is 14.6. The van der Waals surface area contributed by atoms with Crippen molar-refractivity contribution in [1.29, 1.82) is 0 Å². The highest BCUT2D eigenvalue weighted by atomic mass is 32.2. The van der Waals surface area contributed by atoms with Gasteiger partial charge in [-0.15, -0.1) is 0 Å². The van der Waals surface area contributed by atoms with Crippen molar-refractivity contribution in [3.63, 3.8) is 0 Å². The van der Waals surface area contributed by atoms with E-state index >= 15 is 0 Å². The lowest BCUT2D eigenvalue weighted by Gasteiger charge is -2.12. The molecule has 0 atom stereocenters. The molecule has 0 radical (unpaired) electrons. The molecule has 7 heteroatoms. The number of fused-ring (bicyclic) bond motifs is 1. The summed E-state index contributed by atoms with van der Waals surface area (Å²) in [7, 11) is 0. The summed E-state index contributed by atoms with van der Waals surface area (Å²) in [6, 6.07) is 17.5. The van der Waals surface area contributed by atoms with E-state index in [-0.39, 0.29) is 18.4 Å². The summed E-state index contributed by atoms with van der Waals surface area (Å²) in [5.74, 6) is 1.90. The van der Waals surface area contributed by atoms with Crippen LogP contribution in [0.4, 0.5) is 5.82 Å². The third-order valence-electron chi connectivity index (χ3n) is 5.00. The molecule has 1 aromatic heterocycles. The van der Waals surface area contributed by atoms with Crippen LogP contribution in [0.25, 0.3) is 0 Å². The van der Waals surface area contributed by atoms with Crippen LogP contribution in [-0.2, 0) is 29.3 Å². The fourth-order valence-electron chi connectivity index (χ4n) is 3.47. The Labute approximate surface area is 180 Å². The van der Waals surface area contributed by atoms with Crippen molar-refractivity contribution in [2.24, 2.45) is 0 Å². The molecular formula is C23H24N4O2S. The van der Waals surface area contributed by atoms with Crippen LogP contribution in [0.5, 0.6) is 0 Å². The molecule has 0 fully saturated rings. The second-order valence-corrected chi connectivity index (χ2v) is 8.32. The second kappa shape index (κ2) is 9.17. The fraction of sp³-hybridized carbons (Fsp3) is 0.261. The zero-order chi connectivity index (χ0) is 20.9. The van der Waals surface area contributed by atoms with Gasteiger partial charge in [-0.05, 0) is 31.0 Å². The number of aromatic nitrogens is 2. The maximum absolute atomic E-state index is 12.8. The number of benzene rings is 2. The Balaban J connectivity index is 1.43. The molecule has 30 heavy (non-hydrogen) atoms. The summed E-state index contributed by atoms with van der Waals surface area (Å²) < 4.78 is 1.62. The molecule has 0 saturated carbocycles. The first-order valence-corrected chi connectivity index (χ1v) is 11.1. The summed E-state index contributed by atoms with van der Waals surface area (Å²) in [5.41, 5.74) is 4.75. The van der Waals surface area contributed by atoms with Crippen LogP contribution in [0.1, 0.15) is 32.7 Å². The maximum Gasteiger partial charge on any atom is 0.256 e.